The summed E-state index contributed by atoms with van der Waals surface area (Å²) in [7, 11) is 0. The molecule has 0 saturated heterocycles. The van der Waals surface area contributed by atoms with E-state index in [-0.39, 0.29) is 24.1 Å². The Morgan fingerprint density at radius 1 is 1.25 bits per heavy atom. The molecule has 6 nitrogen and oxygen atoms in total. The molecule has 20 heavy (non-hydrogen) atoms. The Morgan fingerprint density at radius 3 is 2.25 bits per heavy atom. The average Bonchev–Trinajstić information content (AvgIpc) is 2.39. The van der Waals surface area contributed by atoms with Gasteiger partial charge in [0, 0.05) is 18.4 Å². The van der Waals surface area contributed by atoms with Crippen LogP contribution >= 0.6 is 0 Å². The van der Waals surface area contributed by atoms with Crippen molar-refractivity contribution in [1.29, 1.82) is 0 Å². The molecule has 2 unspecified atom stereocenters. The number of nitrogens with two attached hydrogens (primary N) is 1. The molecule has 0 saturated carbocycles. The highest BCUT2D eigenvalue weighted by Crippen LogP contribution is 2.12. The highest BCUT2D eigenvalue weighted by atomic mass is 16.4. The Bertz CT molecular complexity index is 471. The van der Waals surface area contributed by atoms with Crippen LogP contribution in [0.1, 0.15) is 19.4 Å². The predicted molar refractivity (Wildman–Crippen MR) is 74.2 cm³/mol. The largest absolute Gasteiger partial charge is 0.508 e. The van der Waals surface area contributed by atoms with E-state index in [0.717, 1.165) is 0 Å². The Morgan fingerprint density at radius 2 is 1.80 bits per heavy atom. The number of phenolic OH excluding ortho intramolecular Hbond substituents is 1. The minimum absolute atomic E-state index is 0.107. The van der Waals surface area contributed by atoms with Crippen LogP contribution in [0.25, 0.3) is 0 Å². The van der Waals surface area contributed by atoms with Crippen LogP contribution in [0, 0.1) is 5.92 Å². The molecule has 3 atom stereocenters. The third kappa shape index (κ3) is 4.55. The zero-order chi connectivity index (χ0) is 15.3. The second-order valence-corrected chi connectivity index (χ2v) is 4.92. The summed E-state index contributed by atoms with van der Waals surface area (Å²) in [5.41, 5.74) is 6.33. The van der Waals surface area contributed by atoms with Gasteiger partial charge >= 0.3 is 5.97 Å². The molecule has 0 heterocycles. The molecule has 1 aromatic rings. The number of hydrogen-bond acceptors (Lipinski definition) is 4. The summed E-state index contributed by atoms with van der Waals surface area (Å²) >= 11 is 0. The van der Waals surface area contributed by atoms with E-state index in [2.05, 4.69) is 5.32 Å². The van der Waals surface area contributed by atoms with Crippen molar-refractivity contribution >= 4 is 11.9 Å². The molecular weight excluding hydrogens is 260 g/mol. The second-order valence-electron chi connectivity index (χ2n) is 4.92. The molecular formula is C14H20N2O4. The fourth-order valence-electron chi connectivity index (χ4n) is 1.61. The molecule has 0 aliphatic carbocycles. The van der Waals surface area contributed by atoms with Crippen LogP contribution in [0.2, 0.25) is 0 Å². The summed E-state index contributed by atoms with van der Waals surface area (Å²) in [4.78, 5) is 23.1. The Labute approximate surface area is 117 Å². The van der Waals surface area contributed by atoms with E-state index in [0.29, 0.717) is 5.56 Å². The van der Waals surface area contributed by atoms with Crippen molar-refractivity contribution in [1.82, 2.24) is 5.32 Å². The SMILES string of the molecule is CC(N)C(C)C(=O)N[C@H](Cc1ccc(O)cc1)C(=O)O. The molecule has 5 N–H and O–H groups in total. The van der Waals surface area contributed by atoms with Gasteiger partial charge in [-0.1, -0.05) is 19.1 Å². The number of rotatable bonds is 6. The normalized spacial score (nSPS) is 15.2. The molecule has 0 spiro atoms. The van der Waals surface area contributed by atoms with Crippen LogP contribution in [-0.4, -0.2) is 34.2 Å². The first-order valence-corrected chi connectivity index (χ1v) is 6.38. The van der Waals surface area contributed by atoms with Gasteiger partial charge in [0.2, 0.25) is 5.91 Å². The number of carboxylic acid groups (broad SMARTS) is 1. The van der Waals surface area contributed by atoms with Crippen molar-refractivity contribution in [3.63, 3.8) is 0 Å². The summed E-state index contributed by atoms with van der Waals surface area (Å²) in [6.45, 7) is 3.35. The van der Waals surface area contributed by atoms with E-state index < -0.39 is 17.9 Å². The summed E-state index contributed by atoms with van der Waals surface area (Å²) in [6, 6.07) is 4.81. The number of carboxylic acids is 1. The van der Waals surface area contributed by atoms with E-state index in [1.165, 1.54) is 12.1 Å². The lowest BCUT2D eigenvalue weighted by molar-refractivity contribution is -0.142. The third-order valence-corrected chi connectivity index (χ3v) is 3.19. The Hall–Kier alpha value is -2.08. The minimum Gasteiger partial charge on any atom is -0.508 e. The zero-order valence-electron chi connectivity index (χ0n) is 11.5. The van der Waals surface area contributed by atoms with E-state index in [9.17, 15) is 14.7 Å². The summed E-state index contributed by atoms with van der Waals surface area (Å²) in [6.07, 6.45) is 0.146. The van der Waals surface area contributed by atoms with Crippen LogP contribution in [-0.2, 0) is 16.0 Å². The Kier molecular flexibility index (Phi) is 5.52. The lowest BCUT2D eigenvalue weighted by atomic mass is 10.0. The highest BCUT2D eigenvalue weighted by Gasteiger charge is 2.24. The highest BCUT2D eigenvalue weighted by molar-refractivity contribution is 5.85. The number of hydrogen-bond donors (Lipinski definition) is 4. The van der Waals surface area contributed by atoms with E-state index in [1.807, 2.05) is 0 Å². The number of aliphatic carboxylic acids is 1. The van der Waals surface area contributed by atoms with Gasteiger partial charge in [0.1, 0.15) is 11.8 Å². The lowest BCUT2D eigenvalue weighted by Gasteiger charge is -2.20. The molecule has 0 bridgehead atoms. The standard InChI is InChI=1S/C14H20N2O4/c1-8(9(2)15)13(18)16-12(14(19)20)7-10-3-5-11(17)6-4-10/h3-6,8-9,12,17H,7,15H2,1-2H3,(H,16,18)(H,19,20)/t8?,9?,12-/m1/s1. The first-order valence-electron chi connectivity index (χ1n) is 6.38. The van der Waals surface area contributed by atoms with E-state index in [4.69, 9.17) is 10.8 Å². The zero-order valence-corrected chi connectivity index (χ0v) is 11.5. The number of benzene rings is 1. The number of carbonyl (C=O) groups excluding carboxylic acids is 1. The molecule has 110 valence electrons. The van der Waals surface area contributed by atoms with E-state index >= 15 is 0 Å². The topological polar surface area (TPSA) is 113 Å². The fourth-order valence-corrected chi connectivity index (χ4v) is 1.61. The monoisotopic (exact) mass is 280 g/mol. The van der Waals surface area contributed by atoms with Crippen molar-refractivity contribution in [2.45, 2.75) is 32.4 Å². The number of phenols is 1. The van der Waals surface area contributed by atoms with Crippen LogP contribution < -0.4 is 11.1 Å². The fraction of sp³-hybridized carbons (Fsp3) is 0.429. The van der Waals surface area contributed by atoms with Crippen molar-refractivity contribution in [3.8, 4) is 5.75 Å². The molecule has 1 rings (SSSR count). The van der Waals surface area contributed by atoms with Gasteiger partial charge in [0.25, 0.3) is 0 Å². The Balaban J connectivity index is 2.72. The smallest absolute Gasteiger partial charge is 0.326 e. The third-order valence-electron chi connectivity index (χ3n) is 3.19. The van der Waals surface area contributed by atoms with Gasteiger partial charge in [-0.3, -0.25) is 4.79 Å². The van der Waals surface area contributed by atoms with Gasteiger partial charge in [0.05, 0.1) is 0 Å². The van der Waals surface area contributed by atoms with Gasteiger partial charge in [-0.2, -0.15) is 0 Å². The molecule has 0 fully saturated rings. The molecule has 0 aliphatic heterocycles. The average molecular weight is 280 g/mol. The summed E-state index contributed by atoms with van der Waals surface area (Å²) in [5, 5.41) is 20.8. The van der Waals surface area contributed by atoms with Crippen LogP contribution in [0.5, 0.6) is 5.75 Å². The minimum atomic E-state index is -1.11. The van der Waals surface area contributed by atoms with Crippen LogP contribution in [0.3, 0.4) is 0 Å². The first kappa shape index (κ1) is 16.0. The van der Waals surface area contributed by atoms with Crippen molar-refractivity contribution in [2.24, 2.45) is 11.7 Å². The molecule has 0 radical (unpaired) electrons. The first-order chi connectivity index (χ1) is 9.31. The van der Waals surface area contributed by atoms with Gasteiger partial charge in [-0.15, -0.1) is 0 Å². The van der Waals surface area contributed by atoms with Crippen molar-refractivity contribution in [2.75, 3.05) is 0 Å². The molecule has 1 aromatic carbocycles. The van der Waals surface area contributed by atoms with Crippen LogP contribution in [0.4, 0.5) is 0 Å². The number of carbonyl (C=O) groups is 2. The molecule has 1 amide bonds. The van der Waals surface area contributed by atoms with E-state index in [1.54, 1.807) is 26.0 Å². The number of aromatic hydroxyl groups is 1. The van der Waals surface area contributed by atoms with Crippen molar-refractivity contribution < 1.29 is 19.8 Å². The van der Waals surface area contributed by atoms with Gasteiger partial charge in [0.15, 0.2) is 0 Å². The quantitative estimate of drug-likeness (QED) is 0.605. The maximum Gasteiger partial charge on any atom is 0.326 e. The second kappa shape index (κ2) is 6.91. The molecule has 0 aromatic heterocycles. The number of nitrogens with one attached hydrogen (secondary N) is 1. The molecule has 6 heteroatoms. The van der Waals surface area contributed by atoms with Gasteiger partial charge in [-0.05, 0) is 24.6 Å². The predicted octanol–water partition coefficient (Wildman–Crippen LogP) is 0.487. The van der Waals surface area contributed by atoms with Crippen molar-refractivity contribution in [3.05, 3.63) is 29.8 Å². The maximum absolute atomic E-state index is 11.8. The van der Waals surface area contributed by atoms with Gasteiger partial charge in [-0.25, -0.2) is 4.79 Å². The summed E-state index contributed by atoms with van der Waals surface area (Å²) < 4.78 is 0. The van der Waals surface area contributed by atoms with Crippen LogP contribution in [0.15, 0.2) is 24.3 Å². The maximum atomic E-state index is 11.8. The number of amides is 1. The molecule has 0 aliphatic rings. The van der Waals surface area contributed by atoms with Gasteiger partial charge < -0.3 is 21.3 Å². The lowest BCUT2D eigenvalue weighted by Crippen LogP contribution is -2.47. The summed E-state index contributed by atoms with van der Waals surface area (Å²) in [5.74, 6) is -1.85.